The lowest BCUT2D eigenvalue weighted by atomic mass is 9.58. The predicted molar refractivity (Wildman–Crippen MR) is 181 cm³/mol. The number of imide groups is 1. The third-order valence-electron chi connectivity index (χ3n) is 10.7. The normalized spacial score (nSPS) is 26.1. The summed E-state index contributed by atoms with van der Waals surface area (Å²) in [5.74, 6) is -0.703. The number of allylic oxidation sites excluding steroid dienone is 2. The molecule has 244 valence electrons. The van der Waals surface area contributed by atoms with E-state index in [2.05, 4.69) is 49.1 Å². The summed E-state index contributed by atoms with van der Waals surface area (Å²) < 4.78 is 6.25. The Bertz CT molecular complexity index is 1450. The van der Waals surface area contributed by atoms with Crippen LogP contribution < -0.4 is 0 Å². The smallest absolute Gasteiger partial charge is 0.455 e. The Morgan fingerprint density at radius 3 is 2.41 bits per heavy atom. The lowest BCUT2D eigenvalue weighted by Crippen LogP contribution is -2.48. The first-order chi connectivity index (χ1) is 22.4. The lowest BCUT2D eigenvalue weighted by molar-refractivity contribution is -0.144. The van der Waals surface area contributed by atoms with Gasteiger partial charge in [-0.15, -0.1) is 0 Å². The van der Waals surface area contributed by atoms with Gasteiger partial charge in [0.05, 0.1) is 17.9 Å². The van der Waals surface area contributed by atoms with Crippen LogP contribution >= 0.6 is 0 Å². The van der Waals surface area contributed by atoms with Gasteiger partial charge in [-0.3, -0.25) is 19.4 Å². The third kappa shape index (κ3) is 6.90. The van der Waals surface area contributed by atoms with E-state index in [1.54, 1.807) is 11.0 Å². The number of rotatable bonds is 11. The summed E-state index contributed by atoms with van der Waals surface area (Å²) in [6.07, 6.45) is 9.55. The highest BCUT2D eigenvalue weighted by atomic mass is 16.5. The van der Waals surface area contributed by atoms with E-state index in [1.165, 1.54) is 22.3 Å². The van der Waals surface area contributed by atoms with Crippen LogP contribution in [0.5, 0.6) is 5.75 Å². The zero-order chi connectivity index (χ0) is 32.2. The minimum Gasteiger partial charge on any atom is -0.507 e. The second-order valence-electron chi connectivity index (χ2n) is 13.8. The van der Waals surface area contributed by atoms with Gasteiger partial charge in [0.15, 0.2) is 0 Å². The molecular formula is C38H49BN2O5. The second-order valence-corrected chi connectivity index (χ2v) is 13.8. The Labute approximate surface area is 274 Å². The molecule has 0 spiro atoms. The van der Waals surface area contributed by atoms with Crippen LogP contribution in [0.2, 0.25) is 6.32 Å². The molecule has 2 N–H and O–H groups in total. The Morgan fingerprint density at radius 1 is 0.957 bits per heavy atom. The molecule has 1 aliphatic carbocycles. The minimum atomic E-state index is -0.963. The number of hydrogen-bond donors (Lipinski definition) is 2. The molecular weight excluding hydrogens is 575 g/mol. The first-order valence-corrected chi connectivity index (χ1v) is 17.5. The van der Waals surface area contributed by atoms with E-state index >= 15 is 0 Å². The zero-order valence-corrected chi connectivity index (χ0v) is 27.4. The van der Waals surface area contributed by atoms with Crippen molar-refractivity contribution in [1.82, 2.24) is 9.80 Å². The molecule has 3 fully saturated rings. The fourth-order valence-electron chi connectivity index (χ4n) is 8.60. The van der Waals surface area contributed by atoms with Gasteiger partial charge in [-0.2, -0.15) is 0 Å². The Morgan fingerprint density at radius 2 is 1.70 bits per heavy atom. The standard InChI is InChI=1S/C38H49BN2O5/c1-3-10-26(22-28-14-8-9-15-33(28)42)16-17-34-35-29(11-4-2)23-31-36(32(35)24-39(45)46-34)38(44)41(37(31)43)30-18-20-40(21-19-30)25-27-12-6-5-7-13-27/h5-9,12-15,22,30-32,34,36,42,45H,3-4,10-11,16-21,23-25H2,1-2H3/b26-22+/t31-,32+,34-,36-/m1/s1. The number of hydrogen-bond acceptors (Lipinski definition) is 6. The summed E-state index contributed by atoms with van der Waals surface area (Å²) in [4.78, 5) is 32.4. The van der Waals surface area contributed by atoms with Crippen molar-refractivity contribution >= 4 is 25.0 Å². The number of aromatic hydroxyl groups is 1. The summed E-state index contributed by atoms with van der Waals surface area (Å²) in [7, 11) is -0.963. The van der Waals surface area contributed by atoms with E-state index in [0.717, 1.165) is 70.1 Å². The molecule has 3 saturated heterocycles. The van der Waals surface area contributed by atoms with Gasteiger partial charge < -0.3 is 14.8 Å². The van der Waals surface area contributed by atoms with E-state index in [0.29, 0.717) is 19.2 Å². The average Bonchev–Trinajstić information content (AvgIpc) is 3.30. The molecule has 2 amide bonds. The number of fused-ring (bicyclic) bond motifs is 3. The highest BCUT2D eigenvalue weighted by Crippen LogP contribution is 2.52. The van der Waals surface area contributed by atoms with Crippen LogP contribution in [0.1, 0.15) is 82.8 Å². The van der Waals surface area contributed by atoms with Crippen LogP contribution in [0.3, 0.4) is 0 Å². The molecule has 2 aromatic rings. The molecule has 8 heteroatoms. The summed E-state index contributed by atoms with van der Waals surface area (Å²) in [5.41, 5.74) is 5.75. The lowest BCUT2D eigenvalue weighted by Gasteiger charge is -2.43. The van der Waals surface area contributed by atoms with E-state index in [9.17, 15) is 19.7 Å². The van der Waals surface area contributed by atoms with Gasteiger partial charge >= 0.3 is 7.12 Å². The molecule has 6 rings (SSSR count). The van der Waals surface area contributed by atoms with Crippen LogP contribution in [0.25, 0.3) is 6.08 Å². The van der Waals surface area contributed by atoms with Gasteiger partial charge in [0.25, 0.3) is 0 Å². The summed E-state index contributed by atoms with van der Waals surface area (Å²) in [6.45, 7) is 6.93. The molecule has 0 unspecified atom stereocenters. The first-order valence-electron chi connectivity index (χ1n) is 17.5. The molecule has 4 atom stereocenters. The number of amides is 2. The number of nitrogens with zero attached hydrogens (tertiary/aromatic N) is 2. The summed E-state index contributed by atoms with van der Waals surface area (Å²) >= 11 is 0. The fourth-order valence-corrected chi connectivity index (χ4v) is 8.60. The maximum absolute atomic E-state index is 14.3. The maximum Gasteiger partial charge on any atom is 0.455 e. The highest BCUT2D eigenvalue weighted by molar-refractivity contribution is 6.43. The Hall–Kier alpha value is -3.20. The van der Waals surface area contributed by atoms with Crippen molar-refractivity contribution in [3.05, 3.63) is 82.4 Å². The number of phenolic OH excluding ortho intramolecular Hbond substituents is 1. The second kappa shape index (κ2) is 14.7. The van der Waals surface area contributed by atoms with E-state index < -0.39 is 13.0 Å². The quantitative estimate of drug-likeness (QED) is 0.166. The molecule has 0 saturated carbocycles. The Kier molecular flexibility index (Phi) is 10.5. The van der Waals surface area contributed by atoms with Gasteiger partial charge in [-0.05, 0) is 74.4 Å². The number of phenols is 1. The predicted octanol–water partition coefficient (Wildman–Crippen LogP) is 6.62. The van der Waals surface area contributed by atoms with Gasteiger partial charge in [-0.1, -0.05) is 92.4 Å². The van der Waals surface area contributed by atoms with Crippen molar-refractivity contribution in [3.8, 4) is 5.75 Å². The topological polar surface area (TPSA) is 90.3 Å². The van der Waals surface area contributed by atoms with E-state index in [1.807, 2.05) is 24.3 Å². The Balaban J connectivity index is 1.19. The SMILES string of the molecule is CCCC1=C2[C@@H](CC/C(=C/c3ccccc3O)CCC)OB(O)C[C@@H]2[C@@H]2C(=O)N(C3CCN(Cc4ccccc4)CC3)C(=O)[C@@H]2C1. The van der Waals surface area contributed by atoms with Crippen molar-refractivity contribution in [2.45, 2.75) is 96.6 Å². The molecule has 46 heavy (non-hydrogen) atoms. The molecule has 4 aliphatic rings. The number of likely N-dealkylation sites (tertiary alicyclic amines) is 2. The molecule has 0 aromatic heterocycles. The van der Waals surface area contributed by atoms with Gasteiger partial charge in [0.1, 0.15) is 5.75 Å². The van der Waals surface area contributed by atoms with Crippen molar-refractivity contribution in [3.63, 3.8) is 0 Å². The molecule has 3 heterocycles. The first kappa shape index (κ1) is 32.7. The number of piperidine rings is 1. The number of benzene rings is 2. The number of carbonyl (C=O) groups excluding carboxylic acids is 2. The van der Waals surface area contributed by atoms with Crippen molar-refractivity contribution in [1.29, 1.82) is 0 Å². The van der Waals surface area contributed by atoms with Crippen molar-refractivity contribution in [2.24, 2.45) is 17.8 Å². The van der Waals surface area contributed by atoms with Crippen LogP contribution in [0, 0.1) is 17.8 Å². The average molecular weight is 625 g/mol. The maximum atomic E-state index is 14.3. The van der Waals surface area contributed by atoms with Gasteiger partial charge in [0.2, 0.25) is 11.8 Å². The number of carbonyl (C=O) groups is 2. The molecule has 0 radical (unpaired) electrons. The molecule has 3 aliphatic heterocycles. The van der Waals surface area contributed by atoms with Crippen LogP contribution in [-0.2, 0) is 20.8 Å². The van der Waals surface area contributed by atoms with Crippen LogP contribution in [0.4, 0.5) is 0 Å². The van der Waals surface area contributed by atoms with E-state index in [4.69, 9.17) is 4.65 Å². The summed E-state index contributed by atoms with van der Waals surface area (Å²) in [5, 5.41) is 21.4. The molecule has 7 nitrogen and oxygen atoms in total. The highest BCUT2D eigenvalue weighted by Gasteiger charge is 2.58. The molecule has 2 aromatic carbocycles. The van der Waals surface area contributed by atoms with E-state index in [-0.39, 0.29) is 41.5 Å². The third-order valence-corrected chi connectivity index (χ3v) is 10.7. The van der Waals surface area contributed by atoms with Gasteiger partial charge in [0, 0.05) is 31.2 Å². The number of para-hydroxylation sites is 1. The van der Waals surface area contributed by atoms with Gasteiger partial charge in [-0.25, -0.2) is 0 Å². The zero-order valence-electron chi connectivity index (χ0n) is 27.4. The van der Waals surface area contributed by atoms with Crippen LogP contribution in [0.15, 0.2) is 71.3 Å². The monoisotopic (exact) mass is 624 g/mol. The fraction of sp³-hybridized carbons (Fsp3) is 0.526. The minimum absolute atomic E-state index is 0.00229. The largest absolute Gasteiger partial charge is 0.507 e. The molecule has 0 bridgehead atoms. The van der Waals surface area contributed by atoms with Crippen LogP contribution in [-0.4, -0.2) is 64.1 Å². The van der Waals surface area contributed by atoms with Crippen molar-refractivity contribution < 1.29 is 24.4 Å². The van der Waals surface area contributed by atoms with Crippen molar-refractivity contribution in [2.75, 3.05) is 13.1 Å². The summed E-state index contributed by atoms with van der Waals surface area (Å²) in [6, 6.07) is 17.8.